The number of rotatable bonds is 0. The van der Waals surface area contributed by atoms with E-state index in [9.17, 15) is 19.2 Å². The van der Waals surface area contributed by atoms with Crippen molar-refractivity contribution in [2.24, 2.45) is 10.8 Å². The van der Waals surface area contributed by atoms with Gasteiger partial charge in [-0.1, -0.05) is 0 Å². The molecule has 0 aromatic heterocycles. The lowest BCUT2D eigenvalue weighted by atomic mass is 9.61. The molecule has 0 radical (unpaired) electrons. The van der Waals surface area contributed by atoms with Gasteiger partial charge in [0, 0.05) is 25.7 Å². The Hall–Kier alpha value is -1.32. The van der Waals surface area contributed by atoms with Crippen molar-refractivity contribution in [1.82, 2.24) is 0 Å². The van der Waals surface area contributed by atoms with Crippen LogP contribution >= 0.6 is 0 Å². The molecule has 3 aliphatic carbocycles. The van der Waals surface area contributed by atoms with Gasteiger partial charge in [0.2, 0.25) is 0 Å². The van der Waals surface area contributed by atoms with E-state index < -0.39 is 10.8 Å². The van der Waals surface area contributed by atoms with Crippen molar-refractivity contribution in [1.29, 1.82) is 0 Å². The summed E-state index contributed by atoms with van der Waals surface area (Å²) in [5.74, 6) is 0.112. The van der Waals surface area contributed by atoms with Gasteiger partial charge in [0.25, 0.3) is 0 Å². The average molecular weight is 248 g/mol. The van der Waals surface area contributed by atoms with E-state index in [4.69, 9.17) is 0 Å². The highest BCUT2D eigenvalue weighted by molar-refractivity contribution is 6.15. The zero-order valence-electron chi connectivity index (χ0n) is 10.3. The number of carbonyl (C=O) groups excluding carboxylic acids is 4. The molecule has 3 fully saturated rings. The average Bonchev–Trinajstić information content (AvgIpc) is 2.79. The Morgan fingerprint density at radius 3 is 0.944 bits per heavy atom. The van der Waals surface area contributed by atoms with E-state index in [2.05, 4.69) is 0 Å². The molecule has 4 nitrogen and oxygen atoms in total. The molecular formula is C14H16O4. The summed E-state index contributed by atoms with van der Waals surface area (Å²) in [5.41, 5.74) is -1.68. The summed E-state index contributed by atoms with van der Waals surface area (Å²) in [6.45, 7) is 0. The van der Waals surface area contributed by atoms with Crippen LogP contribution in [0.25, 0.3) is 0 Å². The third-order valence-electron chi connectivity index (χ3n) is 5.25. The Balaban J connectivity index is 1.87. The fourth-order valence-electron chi connectivity index (χ4n) is 3.94. The van der Waals surface area contributed by atoms with Crippen LogP contribution in [0.15, 0.2) is 0 Å². The van der Waals surface area contributed by atoms with E-state index >= 15 is 0 Å². The zero-order chi connectivity index (χ0) is 13.0. The molecule has 3 aliphatic rings. The summed E-state index contributed by atoms with van der Waals surface area (Å²) in [5, 5.41) is 0. The monoisotopic (exact) mass is 248 g/mol. The molecule has 0 saturated heterocycles. The Morgan fingerprint density at radius 2 is 0.722 bits per heavy atom. The molecule has 0 N–H and O–H groups in total. The summed E-state index contributed by atoms with van der Waals surface area (Å²) in [6, 6.07) is 0. The fourth-order valence-corrected chi connectivity index (χ4v) is 3.94. The summed E-state index contributed by atoms with van der Waals surface area (Å²) < 4.78 is 0. The minimum absolute atomic E-state index is 0.0280. The molecule has 3 saturated carbocycles. The maximum Gasteiger partial charge on any atom is 0.146 e. The van der Waals surface area contributed by atoms with Crippen molar-refractivity contribution < 1.29 is 19.2 Å². The first kappa shape index (κ1) is 11.8. The second kappa shape index (κ2) is 3.59. The maximum atomic E-state index is 11.9. The molecule has 0 bridgehead atoms. The topological polar surface area (TPSA) is 68.3 Å². The van der Waals surface area contributed by atoms with Gasteiger partial charge in [-0.25, -0.2) is 0 Å². The minimum atomic E-state index is -0.839. The van der Waals surface area contributed by atoms with Gasteiger partial charge in [-0.15, -0.1) is 0 Å². The van der Waals surface area contributed by atoms with Crippen LogP contribution in [0, 0.1) is 10.8 Å². The van der Waals surface area contributed by atoms with Crippen LogP contribution < -0.4 is 0 Å². The number of hydrogen-bond donors (Lipinski definition) is 0. The predicted octanol–water partition coefficient (Wildman–Crippen LogP) is 1.40. The van der Waals surface area contributed by atoms with Crippen LogP contribution in [0.2, 0.25) is 0 Å². The van der Waals surface area contributed by atoms with Gasteiger partial charge in [0.15, 0.2) is 0 Å². The standard InChI is InChI=1S/C14H16O4/c15-9-1-2-10(16)13(9)5-7-14(8-6-13)11(17)3-4-12(14)18/h1-8H2. The lowest BCUT2D eigenvalue weighted by Crippen LogP contribution is -2.45. The van der Waals surface area contributed by atoms with Gasteiger partial charge in [0.05, 0.1) is 10.8 Å². The summed E-state index contributed by atoms with van der Waals surface area (Å²) >= 11 is 0. The smallest absolute Gasteiger partial charge is 0.146 e. The lowest BCUT2D eigenvalue weighted by Gasteiger charge is -2.39. The predicted molar refractivity (Wildman–Crippen MR) is 61.8 cm³/mol. The van der Waals surface area contributed by atoms with Crippen LogP contribution in [-0.2, 0) is 19.2 Å². The van der Waals surface area contributed by atoms with Gasteiger partial charge >= 0.3 is 0 Å². The number of hydrogen-bond acceptors (Lipinski definition) is 4. The summed E-state index contributed by atoms with van der Waals surface area (Å²) in [4.78, 5) is 47.7. The van der Waals surface area contributed by atoms with Crippen LogP contribution in [-0.4, -0.2) is 23.1 Å². The van der Waals surface area contributed by atoms with E-state index in [1.165, 1.54) is 0 Å². The Labute approximate surface area is 105 Å². The SMILES string of the molecule is O=C1CCC(=O)C12CCC1(CC2)C(=O)CCC1=O. The second-order valence-corrected chi connectivity index (χ2v) is 5.86. The van der Waals surface area contributed by atoms with Gasteiger partial charge < -0.3 is 0 Å². The molecule has 0 heterocycles. The van der Waals surface area contributed by atoms with E-state index in [0.29, 0.717) is 51.4 Å². The molecule has 0 aromatic rings. The third kappa shape index (κ3) is 1.26. The zero-order valence-corrected chi connectivity index (χ0v) is 10.3. The second-order valence-electron chi connectivity index (χ2n) is 5.86. The maximum absolute atomic E-state index is 11.9. The van der Waals surface area contributed by atoms with Crippen LogP contribution in [0.5, 0.6) is 0 Å². The van der Waals surface area contributed by atoms with Crippen LogP contribution in [0.3, 0.4) is 0 Å². The van der Waals surface area contributed by atoms with Crippen molar-refractivity contribution in [3.8, 4) is 0 Å². The van der Waals surface area contributed by atoms with E-state index in [-0.39, 0.29) is 23.1 Å². The minimum Gasteiger partial charge on any atom is -0.299 e. The molecule has 2 spiro atoms. The largest absolute Gasteiger partial charge is 0.299 e. The van der Waals surface area contributed by atoms with Gasteiger partial charge in [-0.2, -0.15) is 0 Å². The highest BCUT2D eigenvalue weighted by atomic mass is 16.2. The number of ketones is 4. The first-order chi connectivity index (χ1) is 8.51. The molecule has 0 unspecified atom stereocenters. The molecular weight excluding hydrogens is 232 g/mol. The number of Topliss-reactive ketones (excluding diaryl/α,β-unsaturated/α-hetero) is 4. The molecule has 18 heavy (non-hydrogen) atoms. The van der Waals surface area contributed by atoms with Crippen molar-refractivity contribution in [3.05, 3.63) is 0 Å². The van der Waals surface area contributed by atoms with Crippen LogP contribution in [0.1, 0.15) is 51.4 Å². The van der Waals surface area contributed by atoms with Gasteiger partial charge in [-0.05, 0) is 25.7 Å². The highest BCUT2D eigenvalue weighted by Gasteiger charge is 2.58. The van der Waals surface area contributed by atoms with Crippen molar-refractivity contribution in [3.63, 3.8) is 0 Å². The molecule has 96 valence electrons. The summed E-state index contributed by atoms with van der Waals surface area (Å²) in [6.07, 6.45) is 2.98. The molecule has 0 aromatic carbocycles. The molecule has 4 heteroatoms. The first-order valence-corrected chi connectivity index (χ1v) is 6.64. The molecule has 3 rings (SSSR count). The molecule has 0 atom stereocenters. The van der Waals surface area contributed by atoms with Gasteiger partial charge in [0.1, 0.15) is 23.1 Å². The first-order valence-electron chi connectivity index (χ1n) is 6.64. The Morgan fingerprint density at radius 1 is 0.500 bits per heavy atom. The summed E-state index contributed by atoms with van der Waals surface area (Å²) in [7, 11) is 0. The normalized spacial score (nSPS) is 29.8. The Kier molecular flexibility index (Phi) is 2.34. The van der Waals surface area contributed by atoms with Crippen LogP contribution in [0.4, 0.5) is 0 Å². The molecule has 0 aliphatic heterocycles. The van der Waals surface area contributed by atoms with Crippen molar-refractivity contribution in [2.45, 2.75) is 51.4 Å². The van der Waals surface area contributed by atoms with Gasteiger partial charge in [-0.3, -0.25) is 19.2 Å². The van der Waals surface area contributed by atoms with E-state index in [0.717, 1.165) is 0 Å². The van der Waals surface area contributed by atoms with Crippen molar-refractivity contribution in [2.75, 3.05) is 0 Å². The van der Waals surface area contributed by atoms with E-state index in [1.54, 1.807) is 0 Å². The number of carbonyl (C=O) groups is 4. The highest BCUT2D eigenvalue weighted by Crippen LogP contribution is 2.53. The fraction of sp³-hybridized carbons (Fsp3) is 0.714. The van der Waals surface area contributed by atoms with Crippen molar-refractivity contribution >= 4 is 23.1 Å². The quantitative estimate of drug-likeness (QED) is 0.608. The third-order valence-corrected chi connectivity index (χ3v) is 5.25. The lowest BCUT2D eigenvalue weighted by molar-refractivity contribution is -0.147. The van der Waals surface area contributed by atoms with E-state index in [1.807, 2.05) is 0 Å². The molecule has 0 amide bonds. The Bertz CT molecular complexity index is 386.